The van der Waals surface area contributed by atoms with Crippen molar-refractivity contribution in [3.8, 4) is 0 Å². The molecule has 1 N–H and O–H groups in total. The van der Waals surface area contributed by atoms with Gasteiger partial charge in [0.2, 0.25) is 10.0 Å². The molecule has 1 heterocycles. The maximum atomic E-state index is 11.8. The molecule has 0 amide bonds. The second-order valence-electron chi connectivity index (χ2n) is 3.37. The number of nitrogens with one attached hydrogen (secondary N) is 1. The molecule has 0 radical (unpaired) electrons. The molecular weight excluding hydrogens is 316 g/mol. The number of hydrogen-bond donors (Lipinski definition) is 1. The number of pyridine rings is 1. The van der Waals surface area contributed by atoms with Gasteiger partial charge in [-0.15, -0.1) is 0 Å². The van der Waals surface area contributed by atoms with E-state index in [1.54, 1.807) is 6.92 Å². The molecule has 0 aromatic carbocycles. The molecule has 0 saturated heterocycles. The van der Waals surface area contributed by atoms with Crippen LogP contribution >= 0.6 is 27.5 Å². The molecule has 1 aromatic rings. The van der Waals surface area contributed by atoms with Crippen LogP contribution in [0.2, 0.25) is 5.15 Å². The molecular formula is C9H12BrClN2O2S. The second-order valence-corrected chi connectivity index (χ2v) is 6.30. The highest BCUT2D eigenvalue weighted by Gasteiger charge is 2.17. The minimum Gasteiger partial charge on any atom is -0.242 e. The van der Waals surface area contributed by atoms with Crippen molar-refractivity contribution >= 4 is 37.6 Å². The zero-order valence-corrected chi connectivity index (χ0v) is 12.0. The predicted molar refractivity (Wildman–Crippen MR) is 67.0 cm³/mol. The molecule has 0 fully saturated rings. The molecule has 1 unspecified atom stereocenters. The summed E-state index contributed by atoms with van der Waals surface area (Å²) >= 11 is 8.83. The standard InChI is InChI=1S/C9H12BrClN2O2S/c1-3-6(2)13-16(14,15)7-4-8(10)9(11)12-5-7/h4-6,13H,3H2,1-2H3. The third-order valence-corrected chi connectivity index (χ3v) is 4.74. The lowest BCUT2D eigenvalue weighted by Crippen LogP contribution is -2.32. The molecule has 7 heteroatoms. The van der Waals surface area contributed by atoms with Crippen LogP contribution in [0.5, 0.6) is 0 Å². The first-order valence-electron chi connectivity index (χ1n) is 4.70. The summed E-state index contributed by atoms with van der Waals surface area (Å²) < 4.78 is 26.7. The minimum atomic E-state index is -3.51. The van der Waals surface area contributed by atoms with Gasteiger partial charge in [-0.2, -0.15) is 0 Å². The molecule has 0 bridgehead atoms. The summed E-state index contributed by atoms with van der Waals surface area (Å²) in [4.78, 5) is 3.88. The van der Waals surface area contributed by atoms with Gasteiger partial charge in [-0.25, -0.2) is 18.1 Å². The van der Waals surface area contributed by atoms with E-state index in [0.29, 0.717) is 4.47 Å². The Kier molecular flexibility index (Phi) is 4.73. The fourth-order valence-corrected chi connectivity index (χ4v) is 2.87. The quantitative estimate of drug-likeness (QED) is 0.865. The van der Waals surface area contributed by atoms with Crippen molar-refractivity contribution in [2.45, 2.75) is 31.2 Å². The van der Waals surface area contributed by atoms with E-state index < -0.39 is 10.0 Å². The summed E-state index contributed by atoms with van der Waals surface area (Å²) in [5.74, 6) is 0. The largest absolute Gasteiger partial charge is 0.242 e. The van der Waals surface area contributed by atoms with E-state index in [-0.39, 0.29) is 16.1 Å². The van der Waals surface area contributed by atoms with Crippen LogP contribution in [0, 0.1) is 0 Å². The van der Waals surface area contributed by atoms with E-state index in [1.807, 2.05) is 6.92 Å². The van der Waals surface area contributed by atoms with Crippen LogP contribution in [-0.2, 0) is 10.0 Å². The highest BCUT2D eigenvalue weighted by Crippen LogP contribution is 2.22. The molecule has 0 aliphatic carbocycles. The van der Waals surface area contributed by atoms with Gasteiger partial charge in [0.25, 0.3) is 0 Å². The van der Waals surface area contributed by atoms with Gasteiger partial charge in [-0.3, -0.25) is 0 Å². The first-order valence-corrected chi connectivity index (χ1v) is 7.35. The Hall–Kier alpha value is -0.170. The van der Waals surface area contributed by atoms with Crippen LogP contribution in [0.1, 0.15) is 20.3 Å². The number of sulfonamides is 1. The number of aromatic nitrogens is 1. The summed E-state index contributed by atoms with van der Waals surface area (Å²) in [6, 6.07) is 1.32. The Labute approximate surface area is 109 Å². The third-order valence-electron chi connectivity index (χ3n) is 2.05. The van der Waals surface area contributed by atoms with Gasteiger partial charge in [0.05, 0.1) is 4.47 Å². The number of hydrogen-bond acceptors (Lipinski definition) is 3. The summed E-state index contributed by atoms with van der Waals surface area (Å²) in [6.07, 6.45) is 1.96. The van der Waals surface area contributed by atoms with E-state index >= 15 is 0 Å². The summed E-state index contributed by atoms with van der Waals surface area (Å²) in [5, 5.41) is 0.238. The van der Waals surface area contributed by atoms with Crippen molar-refractivity contribution in [3.05, 3.63) is 21.9 Å². The molecule has 16 heavy (non-hydrogen) atoms. The fraction of sp³-hybridized carbons (Fsp3) is 0.444. The topological polar surface area (TPSA) is 59.1 Å². The zero-order valence-electron chi connectivity index (χ0n) is 8.87. The lowest BCUT2D eigenvalue weighted by atomic mass is 10.3. The van der Waals surface area contributed by atoms with E-state index in [9.17, 15) is 8.42 Å². The minimum absolute atomic E-state index is 0.101. The second kappa shape index (κ2) is 5.44. The molecule has 0 aliphatic heterocycles. The Bertz CT molecular complexity index is 478. The Morgan fingerprint density at radius 3 is 2.75 bits per heavy atom. The summed E-state index contributed by atoms with van der Waals surface area (Å²) in [7, 11) is -3.51. The van der Waals surface area contributed by atoms with Gasteiger partial charge >= 0.3 is 0 Å². The molecule has 0 aliphatic rings. The van der Waals surface area contributed by atoms with Crippen LogP contribution in [0.4, 0.5) is 0 Å². The van der Waals surface area contributed by atoms with Crippen molar-refractivity contribution < 1.29 is 8.42 Å². The Morgan fingerprint density at radius 2 is 2.25 bits per heavy atom. The molecule has 1 aromatic heterocycles. The van der Waals surface area contributed by atoms with Gasteiger partial charge in [0, 0.05) is 12.2 Å². The normalized spacial score (nSPS) is 13.8. The Morgan fingerprint density at radius 1 is 1.62 bits per heavy atom. The highest BCUT2D eigenvalue weighted by molar-refractivity contribution is 9.10. The van der Waals surface area contributed by atoms with Crippen molar-refractivity contribution in [2.24, 2.45) is 0 Å². The van der Waals surface area contributed by atoms with E-state index in [4.69, 9.17) is 11.6 Å². The van der Waals surface area contributed by atoms with E-state index in [2.05, 4.69) is 25.6 Å². The third kappa shape index (κ3) is 3.41. The number of halogens is 2. The molecule has 1 rings (SSSR count). The zero-order chi connectivity index (χ0) is 12.3. The van der Waals surface area contributed by atoms with Crippen LogP contribution in [0.3, 0.4) is 0 Å². The maximum absolute atomic E-state index is 11.8. The monoisotopic (exact) mass is 326 g/mol. The first-order chi connectivity index (χ1) is 7.36. The number of rotatable bonds is 4. The number of nitrogens with zero attached hydrogens (tertiary/aromatic N) is 1. The van der Waals surface area contributed by atoms with Gasteiger partial charge in [-0.1, -0.05) is 18.5 Å². The van der Waals surface area contributed by atoms with Gasteiger partial charge in [-0.05, 0) is 35.3 Å². The van der Waals surface area contributed by atoms with Crippen molar-refractivity contribution in [1.82, 2.24) is 9.71 Å². The molecule has 4 nitrogen and oxygen atoms in total. The van der Waals surface area contributed by atoms with Gasteiger partial charge in [0.15, 0.2) is 0 Å². The lowest BCUT2D eigenvalue weighted by molar-refractivity contribution is 0.555. The maximum Gasteiger partial charge on any atom is 0.242 e. The lowest BCUT2D eigenvalue weighted by Gasteiger charge is -2.12. The molecule has 0 saturated carbocycles. The van der Waals surface area contributed by atoms with Gasteiger partial charge in [0.1, 0.15) is 10.0 Å². The predicted octanol–water partition coefficient (Wildman–Crippen LogP) is 2.57. The fourth-order valence-electron chi connectivity index (χ4n) is 0.967. The van der Waals surface area contributed by atoms with Crippen molar-refractivity contribution in [3.63, 3.8) is 0 Å². The molecule has 0 spiro atoms. The van der Waals surface area contributed by atoms with Crippen LogP contribution < -0.4 is 4.72 Å². The molecule has 1 atom stereocenters. The van der Waals surface area contributed by atoms with E-state index in [0.717, 1.165) is 6.42 Å². The SMILES string of the molecule is CCC(C)NS(=O)(=O)c1cnc(Cl)c(Br)c1. The molecule has 90 valence electrons. The van der Waals surface area contributed by atoms with Crippen molar-refractivity contribution in [2.75, 3.05) is 0 Å². The summed E-state index contributed by atoms with van der Waals surface area (Å²) in [5.41, 5.74) is 0. The smallest absolute Gasteiger partial charge is 0.242 e. The highest BCUT2D eigenvalue weighted by atomic mass is 79.9. The van der Waals surface area contributed by atoms with Crippen molar-refractivity contribution in [1.29, 1.82) is 0 Å². The average Bonchev–Trinajstić information content (AvgIpc) is 2.21. The van der Waals surface area contributed by atoms with Crippen LogP contribution in [0.15, 0.2) is 21.6 Å². The Balaban J connectivity index is 3.03. The van der Waals surface area contributed by atoms with Crippen LogP contribution in [0.25, 0.3) is 0 Å². The van der Waals surface area contributed by atoms with Crippen LogP contribution in [-0.4, -0.2) is 19.4 Å². The van der Waals surface area contributed by atoms with Gasteiger partial charge < -0.3 is 0 Å². The summed E-state index contributed by atoms with van der Waals surface area (Å²) in [6.45, 7) is 3.71. The van der Waals surface area contributed by atoms with E-state index in [1.165, 1.54) is 12.3 Å². The first kappa shape index (κ1) is 13.9. The average molecular weight is 328 g/mol.